The number of hydrogen-bond donors (Lipinski definition) is 1. The fourth-order valence-corrected chi connectivity index (χ4v) is 2.38. The van der Waals surface area contributed by atoms with Crippen molar-refractivity contribution >= 4 is 5.91 Å². The van der Waals surface area contributed by atoms with Gasteiger partial charge in [0.2, 0.25) is 5.91 Å². The molecule has 1 aliphatic carbocycles. The SMILES string of the molecule is CN(CC1CC(N)C1)C(=O)Cc1ccc(F)c(F)c1. The molecule has 1 amide bonds. The van der Waals surface area contributed by atoms with Gasteiger partial charge in [-0.15, -0.1) is 0 Å². The second-order valence-electron chi connectivity index (χ2n) is 5.30. The number of carbonyl (C=O) groups excluding carboxylic acids is 1. The fourth-order valence-electron chi connectivity index (χ4n) is 2.38. The van der Waals surface area contributed by atoms with Gasteiger partial charge in [0.05, 0.1) is 6.42 Å². The molecule has 0 aromatic heterocycles. The van der Waals surface area contributed by atoms with Crippen molar-refractivity contribution in [2.24, 2.45) is 11.7 Å². The van der Waals surface area contributed by atoms with Gasteiger partial charge >= 0.3 is 0 Å². The molecule has 1 aliphatic rings. The summed E-state index contributed by atoms with van der Waals surface area (Å²) in [6.07, 6.45) is 1.98. The molecule has 1 fully saturated rings. The van der Waals surface area contributed by atoms with E-state index in [9.17, 15) is 13.6 Å². The Morgan fingerprint density at radius 1 is 1.37 bits per heavy atom. The van der Waals surface area contributed by atoms with Crippen molar-refractivity contribution in [2.45, 2.75) is 25.3 Å². The maximum Gasteiger partial charge on any atom is 0.226 e. The Labute approximate surface area is 111 Å². The van der Waals surface area contributed by atoms with Crippen LogP contribution < -0.4 is 5.73 Å². The number of halogens is 2. The zero-order chi connectivity index (χ0) is 14.0. The lowest BCUT2D eigenvalue weighted by Crippen LogP contribution is -2.43. The first-order valence-corrected chi connectivity index (χ1v) is 6.39. The van der Waals surface area contributed by atoms with Crippen molar-refractivity contribution in [3.05, 3.63) is 35.4 Å². The second-order valence-corrected chi connectivity index (χ2v) is 5.30. The molecule has 104 valence electrons. The zero-order valence-corrected chi connectivity index (χ0v) is 10.9. The first kappa shape index (κ1) is 13.9. The number of hydrogen-bond acceptors (Lipinski definition) is 2. The third-order valence-electron chi connectivity index (χ3n) is 3.57. The van der Waals surface area contributed by atoms with E-state index in [0.29, 0.717) is 18.0 Å². The Balaban J connectivity index is 1.87. The predicted octanol–water partition coefficient (Wildman–Crippen LogP) is 1.70. The normalized spacial score (nSPS) is 21.9. The highest BCUT2D eigenvalue weighted by Crippen LogP contribution is 2.26. The molecular formula is C14H18F2N2O. The number of likely N-dealkylation sites (N-methyl/N-ethyl adjacent to an activating group) is 1. The van der Waals surface area contributed by atoms with E-state index in [4.69, 9.17) is 5.73 Å². The lowest BCUT2D eigenvalue weighted by molar-refractivity contribution is -0.130. The molecule has 0 spiro atoms. The predicted molar refractivity (Wildman–Crippen MR) is 68.4 cm³/mol. The van der Waals surface area contributed by atoms with Gasteiger partial charge in [0.1, 0.15) is 0 Å². The molecule has 3 nitrogen and oxygen atoms in total. The Kier molecular flexibility index (Phi) is 4.14. The Bertz CT molecular complexity index is 473. The van der Waals surface area contributed by atoms with E-state index in [2.05, 4.69) is 0 Å². The van der Waals surface area contributed by atoms with Crippen LogP contribution in [0.15, 0.2) is 18.2 Å². The number of rotatable bonds is 4. The number of nitrogens with zero attached hydrogens (tertiary/aromatic N) is 1. The van der Waals surface area contributed by atoms with Crippen LogP contribution in [0.25, 0.3) is 0 Å². The average Bonchev–Trinajstić information content (AvgIpc) is 2.31. The van der Waals surface area contributed by atoms with Crippen molar-refractivity contribution in [3.63, 3.8) is 0 Å². The van der Waals surface area contributed by atoms with Crippen molar-refractivity contribution in [3.8, 4) is 0 Å². The minimum Gasteiger partial charge on any atom is -0.345 e. The molecule has 19 heavy (non-hydrogen) atoms. The molecule has 2 rings (SSSR count). The topological polar surface area (TPSA) is 46.3 Å². The summed E-state index contributed by atoms with van der Waals surface area (Å²) in [5.41, 5.74) is 6.18. The summed E-state index contributed by atoms with van der Waals surface area (Å²) >= 11 is 0. The molecule has 0 heterocycles. The van der Waals surface area contributed by atoms with Crippen LogP contribution in [-0.4, -0.2) is 30.4 Å². The van der Waals surface area contributed by atoms with Gasteiger partial charge in [0.15, 0.2) is 11.6 Å². The van der Waals surface area contributed by atoms with E-state index in [0.717, 1.165) is 25.0 Å². The summed E-state index contributed by atoms with van der Waals surface area (Å²) in [6.45, 7) is 0.677. The fraction of sp³-hybridized carbons (Fsp3) is 0.500. The van der Waals surface area contributed by atoms with E-state index in [1.165, 1.54) is 6.07 Å². The molecule has 5 heteroatoms. The van der Waals surface area contributed by atoms with Gasteiger partial charge < -0.3 is 10.6 Å². The van der Waals surface area contributed by atoms with E-state index in [1.807, 2.05) is 0 Å². The van der Waals surface area contributed by atoms with E-state index in [1.54, 1.807) is 11.9 Å². The Morgan fingerprint density at radius 2 is 2.05 bits per heavy atom. The van der Waals surface area contributed by atoms with Crippen molar-refractivity contribution in [2.75, 3.05) is 13.6 Å². The van der Waals surface area contributed by atoms with Gasteiger partial charge in [0.25, 0.3) is 0 Å². The van der Waals surface area contributed by atoms with Crippen LogP contribution in [0.4, 0.5) is 8.78 Å². The summed E-state index contributed by atoms with van der Waals surface area (Å²) in [5, 5.41) is 0. The number of amides is 1. The van der Waals surface area contributed by atoms with Gasteiger partial charge in [-0.3, -0.25) is 4.79 Å². The smallest absolute Gasteiger partial charge is 0.226 e. The van der Waals surface area contributed by atoms with Crippen LogP contribution in [-0.2, 0) is 11.2 Å². The second kappa shape index (κ2) is 5.65. The number of carbonyl (C=O) groups is 1. The molecule has 0 bridgehead atoms. The van der Waals surface area contributed by atoms with Crippen molar-refractivity contribution in [1.82, 2.24) is 4.90 Å². The van der Waals surface area contributed by atoms with Crippen LogP contribution in [0.3, 0.4) is 0 Å². The molecule has 0 atom stereocenters. The third kappa shape index (κ3) is 3.50. The zero-order valence-electron chi connectivity index (χ0n) is 10.9. The van der Waals surface area contributed by atoms with Gasteiger partial charge in [-0.25, -0.2) is 8.78 Å². The summed E-state index contributed by atoms with van der Waals surface area (Å²) < 4.78 is 25.8. The average molecular weight is 268 g/mol. The molecule has 0 saturated heterocycles. The van der Waals surface area contributed by atoms with Gasteiger partial charge in [0, 0.05) is 19.6 Å². The molecule has 1 saturated carbocycles. The van der Waals surface area contributed by atoms with E-state index < -0.39 is 11.6 Å². The molecule has 0 unspecified atom stereocenters. The van der Waals surface area contributed by atoms with Crippen molar-refractivity contribution in [1.29, 1.82) is 0 Å². The highest BCUT2D eigenvalue weighted by Gasteiger charge is 2.27. The minimum atomic E-state index is -0.919. The van der Waals surface area contributed by atoms with Crippen LogP contribution in [0, 0.1) is 17.6 Å². The molecule has 2 N–H and O–H groups in total. The first-order chi connectivity index (χ1) is 8.95. The van der Waals surface area contributed by atoms with E-state index >= 15 is 0 Å². The van der Waals surface area contributed by atoms with Crippen molar-refractivity contribution < 1.29 is 13.6 Å². The molecule has 1 aromatic carbocycles. The highest BCUT2D eigenvalue weighted by molar-refractivity contribution is 5.78. The van der Waals surface area contributed by atoms with Gasteiger partial charge in [-0.2, -0.15) is 0 Å². The Morgan fingerprint density at radius 3 is 2.63 bits per heavy atom. The highest BCUT2D eigenvalue weighted by atomic mass is 19.2. The summed E-state index contributed by atoms with van der Waals surface area (Å²) in [4.78, 5) is 13.6. The molecule has 1 aromatic rings. The molecule has 0 aliphatic heterocycles. The maximum atomic E-state index is 13.0. The van der Waals surface area contributed by atoms with Crippen LogP contribution in [0.5, 0.6) is 0 Å². The summed E-state index contributed by atoms with van der Waals surface area (Å²) in [5.74, 6) is -1.44. The van der Waals surface area contributed by atoms with Crippen LogP contribution in [0.2, 0.25) is 0 Å². The molecular weight excluding hydrogens is 250 g/mol. The maximum absolute atomic E-state index is 13.0. The lowest BCUT2D eigenvalue weighted by Gasteiger charge is -2.35. The first-order valence-electron chi connectivity index (χ1n) is 6.39. The molecule has 0 radical (unpaired) electrons. The van der Waals surface area contributed by atoms with Crippen LogP contribution >= 0.6 is 0 Å². The minimum absolute atomic E-state index is 0.0898. The lowest BCUT2D eigenvalue weighted by atomic mass is 9.80. The monoisotopic (exact) mass is 268 g/mol. The number of nitrogens with two attached hydrogens (primary N) is 1. The van der Waals surface area contributed by atoms with Gasteiger partial charge in [-0.1, -0.05) is 6.07 Å². The van der Waals surface area contributed by atoms with Crippen LogP contribution in [0.1, 0.15) is 18.4 Å². The standard InChI is InChI=1S/C14H18F2N2O/c1-18(8-10-4-11(17)5-10)14(19)7-9-2-3-12(15)13(16)6-9/h2-3,6,10-11H,4-5,7-8,17H2,1H3. The quantitative estimate of drug-likeness (QED) is 0.903. The Hall–Kier alpha value is -1.49. The largest absolute Gasteiger partial charge is 0.345 e. The third-order valence-corrected chi connectivity index (χ3v) is 3.57. The van der Waals surface area contributed by atoms with Gasteiger partial charge in [-0.05, 0) is 36.5 Å². The summed E-state index contributed by atoms with van der Waals surface area (Å²) in [6, 6.07) is 3.81. The van der Waals surface area contributed by atoms with E-state index in [-0.39, 0.29) is 18.4 Å². The summed E-state index contributed by atoms with van der Waals surface area (Å²) in [7, 11) is 1.73. The number of benzene rings is 1.